The fourth-order valence-corrected chi connectivity index (χ4v) is 2.61. The third-order valence-electron chi connectivity index (χ3n) is 3.73. The first-order valence-electron chi connectivity index (χ1n) is 7.41. The molecule has 2 rings (SSSR count). The Morgan fingerprint density at radius 3 is 2.42 bits per heavy atom. The Labute approximate surface area is 136 Å². The van der Waals surface area contributed by atoms with E-state index in [-0.39, 0.29) is 12.0 Å². The summed E-state index contributed by atoms with van der Waals surface area (Å²) in [7, 11) is 0. The summed E-state index contributed by atoms with van der Waals surface area (Å²) in [6.45, 7) is 0.363. The summed E-state index contributed by atoms with van der Waals surface area (Å²) in [6, 6.07) is 1.83. The highest BCUT2D eigenvalue weighted by Crippen LogP contribution is 2.19. The molecular weight excluding hydrogens is 324 g/mol. The first-order valence-corrected chi connectivity index (χ1v) is 7.41. The van der Waals surface area contributed by atoms with Crippen LogP contribution in [-0.2, 0) is 4.79 Å². The minimum absolute atomic E-state index is 0.107. The van der Waals surface area contributed by atoms with Gasteiger partial charge in [0.15, 0.2) is 0 Å². The molecule has 0 unspecified atom stereocenters. The largest absolute Gasteiger partial charge is 0.465 e. The van der Waals surface area contributed by atoms with Crippen molar-refractivity contribution in [3.05, 3.63) is 35.4 Å². The standard InChI is InChI=1S/C15H17F2N3O4/c16-10-5-9(6-11(17)7-10)14(22)19-18-13(21)8-12-3-1-2-4-20(12)15(23)24/h5-7,12H,1-4,8H2,(H,18,21)(H,19,22)(H,23,24)/t12-/m0/s1. The van der Waals surface area contributed by atoms with Gasteiger partial charge < -0.3 is 10.0 Å². The van der Waals surface area contributed by atoms with Crippen LogP contribution >= 0.6 is 0 Å². The van der Waals surface area contributed by atoms with Crippen molar-refractivity contribution in [1.82, 2.24) is 15.8 Å². The minimum atomic E-state index is -1.09. The highest BCUT2D eigenvalue weighted by Gasteiger charge is 2.28. The monoisotopic (exact) mass is 341 g/mol. The van der Waals surface area contributed by atoms with Crippen molar-refractivity contribution < 1.29 is 28.3 Å². The second-order valence-electron chi connectivity index (χ2n) is 5.49. The van der Waals surface area contributed by atoms with Gasteiger partial charge in [0, 0.05) is 30.6 Å². The molecule has 0 aliphatic carbocycles. The van der Waals surface area contributed by atoms with Gasteiger partial charge in [-0.25, -0.2) is 13.6 Å². The van der Waals surface area contributed by atoms with E-state index in [0.29, 0.717) is 19.0 Å². The first kappa shape index (κ1) is 17.6. The number of amides is 3. The normalized spacial score (nSPS) is 17.2. The van der Waals surface area contributed by atoms with Crippen LogP contribution in [0.4, 0.5) is 13.6 Å². The molecule has 24 heavy (non-hydrogen) atoms. The minimum Gasteiger partial charge on any atom is -0.465 e. The van der Waals surface area contributed by atoms with Gasteiger partial charge in [-0.05, 0) is 31.4 Å². The lowest BCUT2D eigenvalue weighted by molar-refractivity contribution is -0.123. The Bertz CT molecular complexity index is 633. The van der Waals surface area contributed by atoms with Gasteiger partial charge in [-0.3, -0.25) is 20.4 Å². The maximum Gasteiger partial charge on any atom is 0.407 e. The zero-order valence-corrected chi connectivity index (χ0v) is 12.7. The van der Waals surface area contributed by atoms with Crippen LogP contribution in [0.3, 0.4) is 0 Å². The number of hydrogen-bond donors (Lipinski definition) is 3. The summed E-state index contributed by atoms with van der Waals surface area (Å²) < 4.78 is 26.1. The number of carbonyl (C=O) groups is 3. The van der Waals surface area contributed by atoms with E-state index in [2.05, 4.69) is 5.43 Å². The van der Waals surface area contributed by atoms with Crippen molar-refractivity contribution in [3.63, 3.8) is 0 Å². The number of benzene rings is 1. The average Bonchev–Trinajstić information content (AvgIpc) is 2.52. The average molecular weight is 341 g/mol. The number of carboxylic acid groups (broad SMARTS) is 1. The molecule has 1 aromatic carbocycles. The van der Waals surface area contributed by atoms with Crippen molar-refractivity contribution in [1.29, 1.82) is 0 Å². The van der Waals surface area contributed by atoms with Crippen molar-refractivity contribution in [2.75, 3.05) is 6.54 Å². The molecule has 0 radical (unpaired) electrons. The third kappa shape index (κ3) is 4.64. The van der Waals surface area contributed by atoms with Gasteiger partial charge in [-0.2, -0.15) is 0 Å². The van der Waals surface area contributed by atoms with Crippen LogP contribution in [0.5, 0.6) is 0 Å². The zero-order chi connectivity index (χ0) is 17.7. The molecule has 7 nitrogen and oxygen atoms in total. The van der Waals surface area contributed by atoms with Crippen molar-refractivity contribution in [3.8, 4) is 0 Å². The topological polar surface area (TPSA) is 98.7 Å². The predicted octanol–water partition coefficient (Wildman–Crippen LogP) is 1.65. The molecule has 1 aromatic rings. The maximum absolute atomic E-state index is 13.0. The number of rotatable bonds is 3. The van der Waals surface area contributed by atoms with E-state index in [9.17, 15) is 23.2 Å². The summed E-state index contributed by atoms with van der Waals surface area (Å²) in [5.74, 6) is -3.28. The number of likely N-dealkylation sites (tertiary alicyclic amines) is 1. The molecule has 1 heterocycles. The molecule has 3 amide bonds. The van der Waals surface area contributed by atoms with E-state index in [1.54, 1.807) is 0 Å². The molecule has 9 heteroatoms. The van der Waals surface area contributed by atoms with Gasteiger partial charge in [-0.15, -0.1) is 0 Å². The van der Waals surface area contributed by atoms with Crippen LogP contribution in [0, 0.1) is 11.6 Å². The van der Waals surface area contributed by atoms with Gasteiger partial charge in [-0.1, -0.05) is 0 Å². The van der Waals surface area contributed by atoms with Crippen molar-refractivity contribution in [2.45, 2.75) is 31.7 Å². The van der Waals surface area contributed by atoms with Gasteiger partial charge in [0.1, 0.15) is 11.6 Å². The Morgan fingerprint density at radius 1 is 1.12 bits per heavy atom. The van der Waals surface area contributed by atoms with Gasteiger partial charge in [0.2, 0.25) is 5.91 Å². The van der Waals surface area contributed by atoms with E-state index < -0.39 is 35.6 Å². The smallest absolute Gasteiger partial charge is 0.407 e. The highest BCUT2D eigenvalue weighted by molar-refractivity contribution is 5.95. The lowest BCUT2D eigenvalue weighted by atomic mass is 10.00. The number of hydrogen-bond acceptors (Lipinski definition) is 3. The predicted molar refractivity (Wildman–Crippen MR) is 79.0 cm³/mol. The van der Waals surface area contributed by atoms with E-state index in [1.807, 2.05) is 5.43 Å². The molecule has 1 atom stereocenters. The van der Waals surface area contributed by atoms with Gasteiger partial charge in [0.25, 0.3) is 5.91 Å². The summed E-state index contributed by atoms with van der Waals surface area (Å²) in [6.07, 6.45) is 0.919. The first-order chi connectivity index (χ1) is 11.4. The van der Waals surface area contributed by atoms with Gasteiger partial charge >= 0.3 is 6.09 Å². The number of carbonyl (C=O) groups excluding carboxylic acids is 2. The molecule has 0 spiro atoms. The molecule has 1 aliphatic rings. The van der Waals surface area contributed by atoms with E-state index in [1.165, 1.54) is 4.90 Å². The van der Waals surface area contributed by atoms with E-state index in [4.69, 9.17) is 5.11 Å². The summed E-state index contributed by atoms with van der Waals surface area (Å²) in [5, 5.41) is 9.09. The van der Waals surface area contributed by atoms with Crippen molar-refractivity contribution in [2.24, 2.45) is 0 Å². The highest BCUT2D eigenvalue weighted by atomic mass is 19.1. The molecule has 130 valence electrons. The Hall–Kier alpha value is -2.71. The quantitative estimate of drug-likeness (QED) is 0.728. The molecule has 0 bridgehead atoms. The lowest BCUT2D eigenvalue weighted by Crippen LogP contribution is -2.48. The number of halogens is 2. The van der Waals surface area contributed by atoms with E-state index >= 15 is 0 Å². The molecule has 3 N–H and O–H groups in total. The second-order valence-corrected chi connectivity index (χ2v) is 5.49. The molecule has 0 saturated carbocycles. The Morgan fingerprint density at radius 2 is 1.79 bits per heavy atom. The van der Waals surface area contributed by atoms with Crippen LogP contribution in [0.1, 0.15) is 36.0 Å². The number of piperidine rings is 1. The maximum atomic E-state index is 13.0. The summed E-state index contributed by atoms with van der Waals surface area (Å²) in [4.78, 5) is 35.9. The van der Waals surface area contributed by atoms with Crippen LogP contribution < -0.4 is 10.9 Å². The molecular formula is C15H17F2N3O4. The number of hydrazine groups is 1. The molecule has 0 aromatic heterocycles. The van der Waals surface area contributed by atoms with Crippen LogP contribution in [-0.4, -0.2) is 40.5 Å². The Balaban J connectivity index is 1.88. The van der Waals surface area contributed by atoms with Crippen LogP contribution in [0.2, 0.25) is 0 Å². The fraction of sp³-hybridized carbons (Fsp3) is 0.400. The number of nitrogens with one attached hydrogen (secondary N) is 2. The van der Waals surface area contributed by atoms with Crippen LogP contribution in [0.25, 0.3) is 0 Å². The van der Waals surface area contributed by atoms with Crippen LogP contribution in [0.15, 0.2) is 18.2 Å². The zero-order valence-electron chi connectivity index (χ0n) is 12.7. The van der Waals surface area contributed by atoms with E-state index in [0.717, 1.165) is 25.0 Å². The van der Waals surface area contributed by atoms with Crippen molar-refractivity contribution >= 4 is 17.9 Å². The lowest BCUT2D eigenvalue weighted by Gasteiger charge is -2.33. The van der Waals surface area contributed by atoms with Gasteiger partial charge in [0.05, 0.1) is 0 Å². The number of nitrogens with zero attached hydrogens (tertiary/aromatic N) is 1. The summed E-state index contributed by atoms with van der Waals surface area (Å²) >= 11 is 0. The SMILES string of the molecule is O=C(C[C@@H]1CCCCN1C(=O)O)NNC(=O)c1cc(F)cc(F)c1. The molecule has 1 saturated heterocycles. The fourth-order valence-electron chi connectivity index (χ4n) is 2.61. The summed E-state index contributed by atoms with van der Waals surface area (Å²) in [5.41, 5.74) is 3.89. The Kier molecular flexibility index (Phi) is 5.67. The third-order valence-corrected chi connectivity index (χ3v) is 3.73. The molecule has 1 fully saturated rings. The second kappa shape index (κ2) is 7.71. The molecule has 1 aliphatic heterocycles.